The quantitative estimate of drug-likeness (QED) is 0.562. The second-order valence-corrected chi connectivity index (χ2v) is 8.35. The van der Waals surface area contributed by atoms with Gasteiger partial charge < -0.3 is 15.8 Å². The zero-order chi connectivity index (χ0) is 22.5. The van der Waals surface area contributed by atoms with Crippen molar-refractivity contribution in [1.82, 2.24) is 9.78 Å². The van der Waals surface area contributed by atoms with Crippen LogP contribution in [0.15, 0.2) is 48.5 Å². The maximum atomic E-state index is 14.3. The molecule has 3 N–H and O–H groups in total. The van der Waals surface area contributed by atoms with E-state index in [-0.39, 0.29) is 5.56 Å². The first-order valence-electron chi connectivity index (χ1n) is 11.0. The van der Waals surface area contributed by atoms with Crippen LogP contribution < -0.4 is 15.8 Å². The van der Waals surface area contributed by atoms with Crippen LogP contribution in [0.25, 0.3) is 16.9 Å². The fourth-order valence-corrected chi connectivity index (χ4v) is 4.41. The van der Waals surface area contributed by atoms with Crippen molar-refractivity contribution in [2.24, 2.45) is 17.6 Å². The summed E-state index contributed by atoms with van der Waals surface area (Å²) < 4.78 is 21.4. The van der Waals surface area contributed by atoms with Gasteiger partial charge in [0.2, 0.25) is 0 Å². The van der Waals surface area contributed by atoms with E-state index in [2.05, 4.69) is 5.32 Å². The zero-order valence-electron chi connectivity index (χ0n) is 18.2. The molecule has 1 fully saturated rings. The number of ether oxygens (including phenoxy) is 1. The first-order chi connectivity index (χ1) is 15.6. The van der Waals surface area contributed by atoms with Gasteiger partial charge in [0.1, 0.15) is 23.5 Å². The highest BCUT2D eigenvalue weighted by Gasteiger charge is 2.21. The fraction of sp³-hybridized carbons (Fsp3) is 0.360. The number of hydrogen-bond acceptors (Lipinski definition) is 5. The van der Waals surface area contributed by atoms with E-state index in [1.54, 1.807) is 17.9 Å². The summed E-state index contributed by atoms with van der Waals surface area (Å²) in [6.07, 6.45) is 4.75. The van der Waals surface area contributed by atoms with Crippen molar-refractivity contribution in [3.8, 4) is 28.8 Å². The summed E-state index contributed by atoms with van der Waals surface area (Å²) in [5.74, 6) is 2.10. The number of nitrogens with two attached hydrogens (primary N) is 1. The lowest BCUT2D eigenvalue weighted by molar-refractivity contribution is 0.281. The van der Waals surface area contributed by atoms with Crippen molar-refractivity contribution in [3.63, 3.8) is 0 Å². The van der Waals surface area contributed by atoms with Crippen molar-refractivity contribution in [1.29, 1.82) is 5.26 Å². The van der Waals surface area contributed by atoms with Gasteiger partial charge in [-0.05, 0) is 74.0 Å². The fourth-order valence-electron chi connectivity index (χ4n) is 4.41. The Bertz CT molecular complexity index is 1100. The topological polar surface area (TPSA) is 88.9 Å². The van der Waals surface area contributed by atoms with Crippen LogP contribution in [0.3, 0.4) is 0 Å². The highest BCUT2D eigenvalue weighted by atomic mass is 19.1. The normalized spacial score (nSPS) is 18.2. The van der Waals surface area contributed by atoms with E-state index < -0.39 is 5.82 Å². The predicted octanol–water partition coefficient (Wildman–Crippen LogP) is 4.74. The van der Waals surface area contributed by atoms with E-state index in [0.29, 0.717) is 17.4 Å². The van der Waals surface area contributed by atoms with Crippen LogP contribution in [-0.2, 0) is 0 Å². The van der Waals surface area contributed by atoms with Gasteiger partial charge in [-0.15, -0.1) is 5.10 Å². The molecule has 0 bridgehead atoms. The number of nitriles is 1. The third-order valence-corrected chi connectivity index (χ3v) is 6.21. The minimum atomic E-state index is -0.544. The molecule has 2 aromatic carbocycles. The molecule has 2 atom stereocenters. The van der Waals surface area contributed by atoms with Gasteiger partial charge in [0, 0.05) is 18.2 Å². The molecule has 4 rings (SSSR count). The summed E-state index contributed by atoms with van der Waals surface area (Å²) in [5.41, 5.74) is 8.13. The SMILES string of the molecule is COc1ccc(-n2nc(NC[C@@H]3CCC[C@@H](CN)C3)cc2-c2ccc(C#N)c(F)c2)cc1. The highest BCUT2D eigenvalue weighted by Crippen LogP contribution is 2.31. The number of halogens is 1. The second-order valence-electron chi connectivity index (χ2n) is 8.35. The molecular weight excluding hydrogens is 405 g/mol. The third kappa shape index (κ3) is 4.76. The summed E-state index contributed by atoms with van der Waals surface area (Å²) in [6, 6.07) is 16.0. The Labute approximate surface area is 187 Å². The van der Waals surface area contributed by atoms with Gasteiger partial charge in [0.25, 0.3) is 0 Å². The number of hydrogen-bond donors (Lipinski definition) is 2. The Morgan fingerprint density at radius 1 is 1.19 bits per heavy atom. The number of aromatic nitrogens is 2. The number of benzene rings is 2. The number of methoxy groups -OCH3 is 1. The van der Waals surface area contributed by atoms with Crippen molar-refractivity contribution < 1.29 is 9.13 Å². The molecule has 0 unspecified atom stereocenters. The Morgan fingerprint density at radius 2 is 1.97 bits per heavy atom. The van der Waals surface area contributed by atoms with Crippen molar-refractivity contribution in [2.45, 2.75) is 25.7 Å². The monoisotopic (exact) mass is 433 g/mol. The molecule has 6 nitrogen and oxygen atoms in total. The molecule has 32 heavy (non-hydrogen) atoms. The van der Waals surface area contributed by atoms with Crippen LogP contribution in [0.5, 0.6) is 5.75 Å². The maximum Gasteiger partial charge on any atom is 0.149 e. The van der Waals surface area contributed by atoms with E-state index in [0.717, 1.165) is 42.5 Å². The molecule has 1 aliphatic rings. The van der Waals surface area contributed by atoms with Gasteiger partial charge in [-0.2, -0.15) is 5.26 Å². The lowest BCUT2D eigenvalue weighted by Gasteiger charge is -2.28. The zero-order valence-corrected chi connectivity index (χ0v) is 18.2. The summed E-state index contributed by atoms with van der Waals surface area (Å²) in [4.78, 5) is 0. The van der Waals surface area contributed by atoms with Crippen LogP contribution in [0, 0.1) is 29.0 Å². The average Bonchev–Trinajstić information content (AvgIpc) is 3.27. The van der Waals surface area contributed by atoms with Crippen molar-refractivity contribution in [2.75, 3.05) is 25.5 Å². The molecular formula is C25H28FN5O. The summed E-state index contributed by atoms with van der Waals surface area (Å²) in [5, 5.41) is 17.3. The predicted molar refractivity (Wildman–Crippen MR) is 123 cm³/mol. The van der Waals surface area contributed by atoms with Crippen LogP contribution in [0.4, 0.5) is 10.2 Å². The molecule has 1 saturated carbocycles. The maximum absolute atomic E-state index is 14.3. The second kappa shape index (κ2) is 9.84. The van der Waals surface area contributed by atoms with Crippen molar-refractivity contribution in [3.05, 3.63) is 59.9 Å². The van der Waals surface area contributed by atoms with Gasteiger partial charge >= 0.3 is 0 Å². The Morgan fingerprint density at radius 3 is 2.66 bits per heavy atom. The molecule has 1 heterocycles. The van der Waals surface area contributed by atoms with Gasteiger partial charge in [0.15, 0.2) is 0 Å². The van der Waals surface area contributed by atoms with Crippen LogP contribution in [-0.4, -0.2) is 30.0 Å². The molecule has 166 valence electrons. The van der Waals surface area contributed by atoms with Crippen molar-refractivity contribution >= 4 is 5.82 Å². The first-order valence-corrected chi connectivity index (χ1v) is 11.0. The van der Waals surface area contributed by atoms with Gasteiger partial charge in [-0.1, -0.05) is 12.5 Å². The largest absolute Gasteiger partial charge is 0.497 e. The van der Waals surface area contributed by atoms with Crippen LogP contribution >= 0.6 is 0 Å². The molecule has 3 aromatic rings. The molecule has 0 amide bonds. The molecule has 0 radical (unpaired) electrons. The highest BCUT2D eigenvalue weighted by molar-refractivity contribution is 5.67. The number of nitrogens with one attached hydrogen (secondary N) is 1. The van der Waals surface area contributed by atoms with Crippen LogP contribution in [0.2, 0.25) is 0 Å². The lowest BCUT2D eigenvalue weighted by atomic mass is 9.81. The van der Waals surface area contributed by atoms with Crippen LogP contribution in [0.1, 0.15) is 31.2 Å². The third-order valence-electron chi connectivity index (χ3n) is 6.21. The van der Waals surface area contributed by atoms with Gasteiger partial charge in [-0.25, -0.2) is 9.07 Å². The Balaban J connectivity index is 1.63. The molecule has 0 saturated heterocycles. The van der Waals surface area contributed by atoms with E-state index in [1.165, 1.54) is 31.4 Å². The number of rotatable bonds is 7. The minimum Gasteiger partial charge on any atom is -0.497 e. The van der Waals surface area contributed by atoms with Gasteiger partial charge in [-0.3, -0.25) is 0 Å². The molecule has 1 aromatic heterocycles. The van der Waals surface area contributed by atoms with Gasteiger partial charge in [0.05, 0.1) is 24.1 Å². The van der Waals surface area contributed by atoms with E-state index >= 15 is 0 Å². The Hall–Kier alpha value is -3.37. The molecule has 1 aliphatic carbocycles. The Kier molecular flexibility index (Phi) is 6.72. The average molecular weight is 434 g/mol. The lowest BCUT2D eigenvalue weighted by Crippen LogP contribution is -2.26. The summed E-state index contributed by atoms with van der Waals surface area (Å²) in [7, 11) is 1.62. The summed E-state index contributed by atoms with van der Waals surface area (Å²) >= 11 is 0. The number of nitrogens with zero attached hydrogens (tertiary/aromatic N) is 3. The van der Waals surface area contributed by atoms with E-state index in [4.69, 9.17) is 20.8 Å². The number of anilines is 1. The van der Waals surface area contributed by atoms with E-state index in [1.807, 2.05) is 36.4 Å². The first kappa shape index (κ1) is 21.8. The standard InChI is InChI=1S/C25H28FN5O/c1-32-22-9-7-21(8-10-22)31-24(19-5-6-20(15-28)23(26)12-19)13-25(30-31)29-16-18-4-2-3-17(11-18)14-27/h5-10,12-13,17-18H,2-4,11,14,16,27H2,1H3,(H,29,30)/t17-,18-/m1/s1. The minimum absolute atomic E-state index is 0.0226. The van der Waals surface area contributed by atoms with E-state index in [9.17, 15) is 4.39 Å². The molecule has 0 spiro atoms. The smallest absolute Gasteiger partial charge is 0.149 e. The molecule has 7 heteroatoms. The summed E-state index contributed by atoms with van der Waals surface area (Å²) in [6.45, 7) is 1.58. The molecule has 0 aliphatic heterocycles.